The van der Waals surface area contributed by atoms with Crippen LogP contribution in [-0.4, -0.2) is 61.3 Å². The maximum Gasteiger partial charge on any atom is 0.211 e. The minimum Gasteiger partial charge on any atom is -0.617 e. The number of rotatable bonds is 8. The Morgan fingerprint density at radius 1 is 1.37 bits per heavy atom. The van der Waals surface area contributed by atoms with Gasteiger partial charge in [-0.05, 0) is 13.8 Å². The molecule has 116 valence electrons. The molecule has 0 fully saturated rings. The van der Waals surface area contributed by atoms with E-state index in [1.165, 1.54) is 17.6 Å². The third-order valence-corrected chi connectivity index (χ3v) is 5.30. The standard InChI is InChI=1S/C12H27NO4S2/c1-10(2)17-11(8-13(5)19(7,15)16)12(3,4)9-18(6)14/h10-11H,8-9H2,1-7H3/t11?,18-/m0/s1. The first kappa shape index (κ1) is 19.2. The summed E-state index contributed by atoms with van der Waals surface area (Å²) in [6.45, 7) is 8.00. The molecule has 0 aromatic carbocycles. The molecule has 0 rings (SSSR count). The van der Waals surface area contributed by atoms with Gasteiger partial charge in [0.1, 0.15) is 5.75 Å². The van der Waals surface area contributed by atoms with Crippen molar-refractivity contribution < 1.29 is 17.7 Å². The van der Waals surface area contributed by atoms with Gasteiger partial charge >= 0.3 is 0 Å². The van der Waals surface area contributed by atoms with Gasteiger partial charge in [-0.3, -0.25) is 0 Å². The Morgan fingerprint density at radius 3 is 2.16 bits per heavy atom. The van der Waals surface area contributed by atoms with Crippen LogP contribution >= 0.6 is 0 Å². The van der Waals surface area contributed by atoms with Gasteiger partial charge in [0, 0.05) is 19.0 Å². The van der Waals surface area contributed by atoms with Crippen molar-refractivity contribution in [2.24, 2.45) is 5.41 Å². The van der Waals surface area contributed by atoms with E-state index >= 15 is 0 Å². The number of sulfonamides is 1. The van der Waals surface area contributed by atoms with Crippen LogP contribution in [-0.2, 0) is 25.9 Å². The average Bonchev–Trinajstić information content (AvgIpc) is 2.11. The van der Waals surface area contributed by atoms with E-state index in [0.717, 1.165) is 0 Å². The molecule has 0 aliphatic carbocycles. The number of hydrogen-bond acceptors (Lipinski definition) is 4. The van der Waals surface area contributed by atoms with E-state index in [9.17, 15) is 13.0 Å². The number of likely N-dealkylation sites (N-methyl/N-ethyl adjacent to an activating group) is 1. The molecule has 2 atom stereocenters. The number of hydrogen-bond donors (Lipinski definition) is 0. The predicted octanol–water partition coefficient (Wildman–Crippen LogP) is 1.08. The molecule has 0 bridgehead atoms. The van der Waals surface area contributed by atoms with Crippen LogP contribution in [0.15, 0.2) is 0 Å². The van der Waals surface area contributed by atoms with Crippen LogP contribution in [0.25, 0.3) is 0 Å². The van der Waals surface area contributed by atoms with Crippen LogP contribution in [0.1, 0.15) is 27.7 Å². The van der Waals surface area contributed by atoms with Gasteiger partial charge in [0.2, 0.25) is 10.0 Å². The van der Waals surface area contributed by atoms with E-state index in [4.69, 9.17) is 4.74 Å². The molecular weight excluding hydrogens is 286 g/mol. The van der Waals surface area contributed by atoms with Gasteiger partial charge in [-0.15, -0.1) is 0 Å². The van der Waals surface area contributed by atoms with Crippen LogP contribution < -0.4 is 0 Å². The SMILES string of the molecule is CC(C)OC(CN(C)S(C)(=O)=O)C(C)(C)C[S@+](C)[O-]. The lowest BCUT2D eigenvalue weighted by Crippen LogP contribution is -2.46. The van der Waals surface area contributed by atoms with Gasteiger partial charge in [-0.2, -0.15) is 0 Å². The largest absolute Gasteiger partial charge is 0.617 e. The fourth-order valence-electron chi connectivity index (χ4n) is 1.79. The van der Waals surface area contributed by atoms with E-state index in [2.05, 4.69) is 0 Å². The zero-order chi connectivity index (χ0) is 15.4. The molecule has 0 amide bonds. The van der Waals surface area contributed by atoms with Crippen molar-refractivity contribution in [3.8, 4) is 0 Å². The van der Waals surface area contributed by atoms with Crippen molar-refractivity contribution in [2.75, 3.05) is 31.9 Å². The third-order valence-electron chi connectivity index (χ3n) is 2.87. The summed E-state index contributed by atoms with van der Waals surface area (Å²) in [5.41, 5.74) is -0.358. The van der Waals surface area contributed by atoms with Crippen LogP contribution in [0.2, 0.25) is 0 Å². The molecule has 7 heteroatoms. The van der Waals surface area contributed by atoms with Crippen molar-refractivity contribution in [2.45, 2.75) is 39.9 Å². The zero-order valence-electron chi connectivity index (χ0n) is 13.0. The highest BCUT2D eigenvalue weighted by Gasteiger charge is 2.36. The molecule has 0 saturated heterocycles. The smallest absolute Gasteiger partial charge is 0.211 e. The highest BCUT2D eigenvalue weighted by molar-refractivity contribution is 7.90. The predicted molar refractivity (Wildman–Crippen MR) is 80.2 cm³/mol. The fraction of sp³-hybridized carbons (Fsp3) is 1.00. The Morgan fingerprint density at radius 2 is 1.84 bits per heavy atom. The highest BCUT2D eigenvalue weighted by Crippen LogP contribution is 2.27. The second kappa shape index (κ2) is 7.26. The average molecular weight is 313 g/mol. The van der Waals surface area contributed by atoms with Gasteiger partial charge in [-0.1, -0.05) is 25.0 Å². The summed E-state index contributed by atoms with van der Waals surface area (Å²) in [6, 6.07) is 0. The van der Waals surface area contributed by atoms with Crippen molar-refractivity contribution in [3.05, 3.63) is 0 Å². The first-order valence-corrected chi connectivity index (χ1v) is 9.80. The molecule has 0 radical (unpaired) electrons. The minimum atomic E-state index is -3.24. The van der Waals surface area contributed by atoms with E-state index in [1.807, 2.05) is 27.7 Å². The highest BCUT2D eigenvalue weighted by atomic mass is 32.2. The molecule has 0 aliphatic heterocycles. The topological polar surface area (TPSA) is 69.7 Å². The Bertz CT molecular complexity index is 366. The maximum absolute atomic E-state index is 11.5. The zero-order valence-corrected chi connectivity index (χ0v) is 14.6. The van der Waals surface area contributed by atoms with Gasteiger partial charge in [-0.25, -0.2) is 12.7 Å². The van der Waals surface area contributed by atoms with E-state index in [1.54, 1.807) is 6.26 Å². The summed E-state index contributed by atoms with van der Waals surface area (Å²) in [5, 5.41) is 0. The lowest BCUT2D eigenvalue weighted by atomic mass is 9.88. The van der Waals surface area contributed by atoms with Gasteiger partial charge in [0.25, 0.3) is 0 Å². The lowest BCUT2D eigenvalue weighted by molar-refractivity contribution is -0.0557. The van der Waals surface area contributed by atoms with Crippen molar-refractivity contribution in [3.63, 3.8) is 0 Å². The summed E-state index contributed by atoms with van der Waals surface area (Å²) < 4.78 is 41.6. The lowest BCUT2D eigenvalue weighted by Gasteiger charge is -2.36. The molecule has 0 heterocycles. The summed E-state index contributed by atoms with van der Waals surface area (Å²) in [5.74, 6) is 0.474. The summed E-state index contributed by atoms with van der Waals surface area (Å²) in [4.78, 5) is 0. The summed E-state index contributed by atoms with van der Waals surface area (Å²) in [6.07, 6.45) is 2.51. The minimum absolute atomic E-state index is 0.0115. The summed E-state index contributed by atoms with van der Waals surface area (Å²) >= 11 is -0.954. The van der Waals surface area contributed by atoms with Gasteiger partial charge in [0.05, 0.1) is 24.7 Å². The van der Waals surface area contributed by atoms with Gasteiger partial charge < -0.3 is 9.29 Å². The molecule has 0 N–H and O–H groups in total. The van der Waals surface area contributed by atoms with Crippen molar-refractivity contribution in [1.29, 1.82) is 0 Å². The van der Waals surface area contributed by atoms with Crippen molar-refractivity contribution in [1.82, 2.24) is 4.31 Å². The van der Waals surface area contributed by atoms with Crippen molar-refractivity contribution >= 4 is 21.2 Å². The molecule has 0 aromatic heterocycles. The maximum atomic E-state index is 11.5. The van der Waals surface area contributed by atoms with Crippen LogP contribution in [0.4, 0.5) is 0 Å². The van der Waals surface area contributed by atoms with Crippen LogP contribution in [0.3, 0.4) is 0 Å². The third kappa shape index (κ3) is 7.51. The monoisotopic (exact) mass is 313 g/mol. The number of nitrogens with zero attached hydrogens (tertiary/aromatic N) is 1. The Labute approximate surface area is 120 Å². The van der Waals surface area contributed by atoms with Gasteiger partial charge in [0.15, 0.2) is 0 Å². The quantitative estimate of drug-likeness (QED) is 0.629. The fourth-order valence-corrected chi connectivity index (χ4v) is 3.43. The molecule has 0 saturated carbocycles. The van der Waals surface area contributed by atoms with Crippen LogP contribution in [0.5, 0.6) is 0 Å². The number of ether oxygens (including phenoxy) is 1. The molecule has 1 unspecified atom stereocenters. The Hall–Kier alpha value is 0.180. The molecular formula is C12H27NO4S2. The summed E-state index contributed by atoms with van der Waals surface area (Å²) in [7, 11) is -1.71. The molecule has 0 aromatic rings. The van der Waals surface area contributed by atoms with Crippen LogP contribution in [0, 0.1) is 5.41 Å². The molecule has 0 aliphatic rings. The molecule has 5 nitrogen and oxygen atoms in total. The Balaban J connectivity index is 5.00. The normalized spacial score (nSPS) is 16.9. The van der Waals surface area contributed by atoms with E-state index in [0.29, 0.717) is 5.75 Å². The second-order valence-electron chi connectivity index (χ2n) is 5.92. The Kier molecular flexibility index (Phi) is 7.33. The molecule has 0 spiro atoms. The van der Waals surface area contributed by atoms with E-state index in [-0.39, 0.29) is 24.2 Å². The van der Waals surface area contributed by atoms with E-state index < -0.39 is 21.2 Å². The second-order valence-corrected chi connectivity index (χ2v) is 9.45. The first-order chi connectivity index (χ1) is 8.36. The first-order valence-electron chi connectivity index (χ1n) is 6.23. The molecule has 19 heavy (non-hydrogen) atoms.